The number of fused-ring (bicyclic) bond motifs is 2. The van der Waals surface area contributed by atoms with E-state index < -0.39 is 0 Å². The fourth-order valence-corrected chi connectivity index (χ4v) is 6.09. The summed E-state index contributed by atoms with van der Waals surface area (Å²) in [6.07, 6.45) is 6.96. The first-order valence-electron chi connectivity index (χ1n) is 12.3. The lowest BCUT2D eigenvalue weighted by Crippen LogP contribution is -2.41. The zero-order valence-electron chi connectivity index (χ0n) is 19.4. The third-order valence-electron chi connectivity index (χ3n) is 7.21. The van der Waals surface area contributed by atoms with E-state index in [2.05, 4.69) is 31.6 Å². The van der Waals surface area contributed by atoms with Crippen molar-refractivity contribution in [1.82, 2.24) is 25.2 Å². The van der Waals surface area contributed by atoms with Gasteiger partial charge in [-0.05, 0) is 49.7 Å². The van der Waals surface area contributed by atoms with Crippen molar-refractivity contribution in [2.45, 2.75) is 57.2 Å². The lowest BCUT2D eigenvalue weighted by molar-refractivity contribution is -0.125. The SMILES string of the molecule is O=C(Cn1cnc2nc(N3CCC(C(=O)NC4CC4)CC3)sc2c1=O)NC1CCc2ccccc21. The number of anilines is 1. The zero-order valence-corrected chi connectivity index (χ0v) is 20.2. The minimum atomic E-state index is -0.251. The number of piperidine rings is 1. The molecule has 1 aliphatic heterocycles. The molecule has 0 spiro atoms. The molecular weight excluding hydrogens is 464 g/mol. The minimum absolute atomic E-state index is 0.0182. The van der Waals surface area contributed by atoms with E-state index in [4.69, 9.17) is 0 Å². The molecule has 3 heterocycles. The van der Waals surface area contributed by atoms with Crippen LogP contribution in [-0.4, -0.2) is 45.5 Å². The predicted octanol–water partition coefficient (Wildman–Crippen LogP) is 2.15. The van der Waals surface area contributed by atoms with Crippen molar-refractivity contribution in [2.75, 3.05) is 18.0 Å². The van der Waals surface area contributed by atoms with Crippen LogP contribution in [0, 0.1) is 5.92 Å². The van der Waals surface area contributed by atoms with Crippen LogP contribution in [0.1, 0.15) is 49.3 Å². The van der Waals surface area contributed by atoms with E-state index in [0.29, 0.717) is 16.4 Å². The number of hydrogen-bond acceptors (Lipinski definition) is 7. The molecule has 182 valence electrons. The van der Waals surface area contributed by atoms with Gasteiger partial charge in [-0.2, -0.15) is 4.98 Å². The molecule has 1 atom stereocenters. The molecule has 3 aliphatic rings. The monoisotopic (exact) mass is 492 g/mol. The van der Waals surface area contributed by atoms with E-state index in [1.54, 1.807) is 0 Å². The summed E-state index contributed by atoms with van der Waals surface area (Å²) in [7, 11) is 0. The van der Waals surface area contributed by atoms with Crippen molar-refractivity contribution in [3.05, 3.63) is 52.1 Å². The number of rotatable bonds is 6. The molecule has 1 saturated heterocycles. The first-order valence-corrected chi connectivity index (χ1v) is 13.2. The van der Waals surface area contributed by atoms with Crippen LogP contribution in [0.15, 0.2) is 35.4 Å². The van der Waals surface area contributed by atoms with E-state index in [9.17, 15) is 14.4 Å². The fraction of sp³-hybridized carbons (Fsp3) is 0.480. The Morgan fingerprint density at radius 1 is 1.06 bits per heavy atom. The third-order valence-corrected chi connectivity index (χ3v) is 8.31. The van der Waals surface area contributed by atoms with Crippen molar-refractivity contribution in [1.29, 1.82) is 0 Å². The number of benzene rings is 1. The van der Waals surface area contributed by atoms with Gasteiger partial charge in [0.2, 0.25) is 11.8 Å². The molecule has 1 unspecified atom stereocenters. The van der Waals surface area contributed by atoms with Gasteiger partial charge >= 0.3 is 0 Å². The van der Waals surface area contributed by atoms with Crippen molar-refractivity contribution >= 4 is 38.6 Å². The van der Waals surface area contributed by atoms with Gasteiger partial charge in [0.05, 0.1) is 6.04 Å². The first kappa shape index (κ1) is 22.2. The Labute approximate surface area is 206 Å². The Balaban J connectivity index is 1.11. The summed E-state index contributed by atoms with van der Waals surface area (Å²) in [5.74, 6) is 0.00790. The molecule has 9 nitrogen and oxygen atoms in total. The second-order valence-electron chi connectivity index (χ2n) is 9.73. The maximum atomic E-state index is 13.1. The Hall–Kier alpha value is -3.27. The van der Waals surface area contributed by atoms with E-state index in [1.807, 2.05) is 18.2 Å². The molecule has 6 rings (SSSR count). The lowest BCUT2D eigenvalue weighted by atomic mass is 9.96. The van der Waals surface area contributed by atoms with Crippen molar-refractivity contribution in [3.8, 4) is 0 Å². The van der Waals surface area contributed by atoms with Gasteiger partial charge < -0.3 is 15.5 Å². The van der Waals surface area contributed by atoms with Gasteiger partial charge in [-0.15, -0.1) is 0 Å². The fourth-order valence-electron chi connectivity index (χ4n) is 5.06. The zero-order chi connectivity index (χ0) is 23.9. The number of nitrogens with one attached hydrogen (secondary N) is 2. The van der Waals surface area contributed by atoms with Crippen molar-refractivity contribution < 1.29 is 9.59 Å². The van der Waals surface area contributed by atoms with Gasteiger partial charge in [-0.1, -0.05) is 35.6 Å². The second kappa shape index (κ2) is 9.07. The number of carbonyl (C=O) groups is 2. The molecule has 2 amide bonds. The summed E-state index contributed by atoms with van der Waals surface area (Å²) in [6.45, 7) is 1.37. The normalized spacial score (nSPS) is 20.1. The Bertz CT molecular complexity index is 1340. The van der Waals surface area contributed by atoms with E-state index >= 15 is 0 Å². The lowest BCUT2D eigenvalue weighted by Gasteiger charge is -2.30. The summed E-state index contributed by atoms with van der Waals surface area (Å²) in [4.78, 5) is 49.2. The Morgan fingerprint density at radius 3 is 2.66 bits per heavy atom. The van der Waals surface area contributed by atoms with Crippen LogP contribution in [0.5, 0.6) is 0 Å². The summed E-state index contributed by atoms with van der Waals surface area (Å²) >= 11 is 1.31. The highest BCUT2D eigenvalue weighted by Crippen LogP contribution is 2.31. The highest BCUT2D eigenvalue weighted by Gasteiger charge is 2.31. The average Bonchev–Trinajstić information content (AvgIpc) is 3.43. The summed E-state index contributed by atoms with van der Waals surface area (Å²) in [6, 6.07) is 8.51. The van der Waals surface area contributed by atoms with Crippen LogP contribution in [0.3, 0.4) is 0 Å². The molecule has 10 heteroatoms. The van der Waals surface area contributed by atoms with E-state index in [-0.39, 0.29) is 35.9 Å². The predicted molar refractivity (Wildman–Crippen MR) is 133 cm³/mol. The number of thiazole rings is 1. The molecule has 1 saturated carbocycles. The number of hydrogen-bond donors (Lipinski definition) is 2. The van der Waals surface area contributed by atoms with Crippen LogP contribution in [-0.2, 0) is 22.6 Å². The van der Waals surface area contributed by atoms with Crippen LogP contribution < -0.4 is 21.1 Å². The van der Waals surface area contributed by atoms with Gasteiger partial charge in [0.1, 0.15) is 17.6 Å². The molecule has 2 N–H and O–H groups in total. The van der Waals surface area contributed by atoms with Gasteiger partial charge in [-0.25, -0.2) is 4.98 Å². The van der Waals surface area contributed by atoms with Gasteiger partial charge in [-0.3, -0.25) is 19.0 Å². The molecule has 2 aromatic heterocycles. The average molecular weight is 493 g/mol. The molecule has 3 aromatic rings. The Kier molecular flexibility index (Phi) is 5.75. The van der Waals surface area contributed by atoms with Gasteiger partial charge in [0, 0.05) is 25.0 Å². The number of amides is 2. The summed E-state index contributed by atoms with van der Waals surface area (Å²) in [5.41, 5.74) is 2.58. The van der Waals surface area contributed by atoms with Gasteiger partial charge in [0.25, 0.3) is 5.56 Å². The molecule has 35 heavy (non-hydrogen) atoms. The topological polar surface area (TPSA) is 109 Å². The largest absolute Gasteiger partial charge is 0.353 e. The molecule has 2 aliphatic carbocycles. The van der Waals surface area contributed by atoms with Gasteiger partial charge in [0.15, 0.2) is 10.8 Å². The van der Waals surface area contributed by atoms with Crippen LogP contribution in [0.25, 0.3) is 10.3 Å². The maximum absolute atomic E-state index is 13.1. The highest BCUT2D eigenvalue weighted by molar-refractivity contribution is 7.22. The molecular formula is C25H28N6O3S. The quantitative estimate of drug-likeness (QED) is 0.546. The number of aryl methyl sites for hydroxylation is 1. The molecule has 1 aromatic carbocycles. The Morgan fingerprint density at radius 2 is 1.86 bits per heavy atom. The molecule has 0 bridgehead atoms. The summed E-state index contributed by atoms with van der Waals surface area (Å²) < 4.78 is 1.81. The van der Waals surface area contributed by atoms with Crippen LogP contribution in [0.4, 0.5) is 5.13 Å². The first-order chi connectivity index (χ1) is 17.0. The third kappa shape index (κ3) is 4.54. The van der Waals surface area contributed by atoms with Crippen molar-refractivity contribution in [2.24, 2.45) is 5.92 Å². The van der Waals surface area contributed by atoms with Crippen LogP contribution >= 0.6 is 11.3 Å². The van der Waals surface area contributed by atoms with Crippen LogP contribution in [0.2, 0.25) is 0 Å². The maximum Gasteiger partial charge on any atom is 0.273 e. The van der Waals surface area contributed by atoms with E-state index in [0.717, 1.165) is 62.3 Å². The summed E-state index contributed by atoms with van der Waals surface area (Å²) in [5, 5.41) is 6.91. The number of aromatic nitrogens is 3. The second-order valence-corrected chi connectivity index (χ2v) is 10.7. The number of carbonyl (C=O) groups excluding carboxylic acids is 2. The number of nitrogens with zero attached hydrogens (tertiary/aromatic N) is 4. The standard InChI is InChI=1S/C25H28N6O3S/c32-20(28-19-8-5-15-3-1-2-4-18(15)19)13-31-14-26-22-21(24(31)34)35-25(29-22)30-11-9-16(10-12-30)23(33)27-17-6-7-17/h1-4,14,16-17,19H,5-13H2,(H,27,33)(H,28,32). The highest BCUT2D eigenvalue weighted by atomic mass is 32.1. The molecule has 2 fully saturated rings. The van der Waals surface area contributed by atoms with E-state index in [1.165, 1.54) is 27.8 Å². The van der Waals surface area contributed by atoms with Crippen molar-refractivity contribution in [3.63, 3.8) is 0 Å². The minimum Gasteiger partial charge on any atom is -0.353 e. The molecule has 0 radical (unpaired) electrons. The smallest absolute Gasteiger partial charge is 0.273 e.